The molecule has 1 amide bonds. The first-order chi connectivity index (χ1) is 11.9. The van der Waals surface area contributed by atoms with E-state index in [1.54, 1.807) is 26.1 Å². The Morgan fingerprint density at radius 1 is 1.16 bits per heavy atom. The molecule has 132 valence electrons. The molecule has 5 nitrogen and oxygen atoms in total. The molecule has 0 spiro atoms. The number of hydrogen-bond acceptors (Lipinski definition) is 4. The topological polar surface area (TPSA) is 55.8 Å². The minimum Gasteiger partial charge on any atom is -0.496 e. The number of esters is 1. The molecule has 25 heavy (non-hydrogen) atoms. The lowest BCUT2D eigenvalue weighted by atomic mass is 10.2. The highest BCUT2D eigenvalue weighted by Gasteiger charge is 2.24. The van der Waals surface area contributed by atoms with Crippen molar-refractivity contribution >= 4 is 23.5 Å². The summed E-state index contributed by atoms with van der Waals surface area (Å²) in [6.07, 6.45) is -0.926. The average molecular weight is 362 g/mol. The molecule has 0 aliphatic heterocycles. The normalized spacial score (nSPS) is 11.5. The lowest BCUT2D eigenvalue weighted by Crippen LogP contribution is -2.37. The van der Waals surface area contributed by atoms with Gasteiger partial charge in [-0.05, 0) is 30.7 Å². The predicted octanol–water partition coefficient (Wildman–Crippen LogP) is 3.55. The van der Waals surface area contributed by atoms with Gasteiger partial charge in [0.1, 0.15) is 11.3 Å². The molecule has 0 aromatic heterocycles. The summed E-state index contributed by atoms with van der Waals surface area (Å²) < 4.78 is 10.4. The first kappa shape index (κ1) is 18.8. The SMILES string of the molecule is COc1ccc(Cl)cc1C(=O)O[C@@H](C)C(=O)N(C)Cc1ccccc1. The molecule has 1 atom stereocenters. The Kier molecular flexibility index (Phi) is 6.42. The molecule has 0 saturated carbocycles. The van der Waals surface area contributed by atoms with E-state index in [0.717, 1.165) is 5.56 Å². The van der Waals surface area contributed by atoms with Crippen LogP contribution in [0.2, 0.25) is 5.02 Å². The van der Waals surface area contributed by atoms with E-state index < -0.39 is 12.1 Å². The Bertz CT molecular complexity index is 748. The number of hydrogen-bond donors (Lipinski definition) is 0. The van der Waals surface area contributed by atoms with Crippen LogP contribution >= 0.6 is 11.6 Å². The van der Waals surface area contributed by atoms with Crippen molar-refractivity contribution in [3.63, 3.8) is 0 Å². The highest BCUT2D eigenvalue weighted by atomic mass is 35.5. The zero-order valence-corrected chi connectivity index (χ0v) is 15.1. The highest BCUT2D eigenvalue weighted by Crippen LogP contribution is 2.24. The number of amides is 1. The molecule has 0 aliphatic rings. The van der Waals surface area contributed by atoms with Crippen molar-refractivity contribution in [3.8, 4) is 5.75 Å². The van der Waals surface area contributed by atoms with Crippen molar-refractivity contribution < 1.29 is 19.1 Å². The van der Waals surface area contributed by atoms with Gasteiger partial charge in [-0.3, -0.25) is 4.79 Å². The second-order valence-electron chi connectivity index (χ2n) is 5.57. The number of rotatable bonds is 6. The van der Waals surface area contributed by atoms with Gasteiger partial charge < -0.3 is 14.4 Å². The van der Waals surface area contributed by atoms with E-state index in [0.29, 0.717) is 17.3 Å². The molecule has 0 bridgehead atoms. The van der Waals surface area contributed by atoms with E-state index in [1.165, 1.54) is 18.1 Å². The second-order valence-corrected chi connectivity index (χ2v) is 6.01. The van der Waals surface area contributed by atoms with E-state index in [9.17, 15) is 9.59 Å². The summed E-state index contributed by atoms with van der Waals surface area (Å²) in [5.74, 6) is -0.613. The first-order valence-corrected chi connectivity index (χ1v) is 8.13. The smallest absolute Gasteiger partial charge is 0.342 e. The maximum absolute atomic E-state index is 12.4. The predicted molar refractivity (Wildman–Crippen MR) is 95.8 cm³/mol. The molecule has 6 heteroatoms. The maximum atomic E-state index is 12.4. The van der Waals surface area contributed by atoms with Gasteiger partial charge in [-0.15, -0.1) is 0 Å². The molecule has 0 unspecified atom stereocenters. The molecular weight excluding hydrogens is 342 g/mol. The molecule has 0 heterocycles. The number of benzene rings is 2. The van der Waals surface area contributed by atoms with Gasteiger partial charge in [0.25, 0.3) is 5.91 Å². The molecule has 0 saturated heterocycles. The van der Waals surface area contributed by atoms with Gasteiger partial charge in [0.2, 0.25) is 0 Å². The summed E-state index contributed by atoms with van der Waals surface area (Å²) in [4.78, 5) is 26.3. The molecule has 2 rings (SSSR count). The fourth-order valence-corrected chi connectivity index (χ4v) is 2.53. The van der Waals surface area contributed by atoms with Crippen LogP contribution in [0, 0.1) is 0 Å². The fraction of sp³-hybridized carbons (Fsp3) is 0.263. The molecule has 2 aromatic rings. The van der Waals surface area contributed by atoms with Crippen LogP contribution in [0.1, 0.15) is 22.8 Å². The summed E-state index contributed by atoms with van der Waals surface area (Å²) in [5.41, 5.74) is 1.17. The third-order valence-corrected chi connectivity index (χ3v) is 3.89. The van der Waals surface area contributed by atoms with Crippen LogP contribution in [0.3, 0.4) is 0 Å². The summed E-state index contributed by atoms with van der Waals surface area (Å²) in [5, 5.41) is 0.382. The van der Waals surface area contributed by atoms with Crippen LogP contribution in [-0.2, 0) is 16.1 Å². The minimum atomic E-state index is -0.926. The highest BCUT2D eigenvalue weighted by molar-refractivity contribution is 6.31. The number of likely N-dealkylation sites (N-methyl/N-ethyl adjacent to an activating group) is 1. The standard InChI is InChI=1S/C19H20ClNO4/c1-13(18(22)21(2)12-14-7-5-4-6-8-14)25-19(23)16-11-15(20)9-10-17(16)24-3/h4-11,13H,12H2,1-3H3/t13-/m0/s1. The summed E-state index contributed by atoms with van der Waals surface area (Å²) >= 11 is 5.92. The van der Waals surface area contributed by atoms with Crippen LogP contribution in [0.15, 0.2) is 48.5 Å². The van der Waals surface area contributed by atoms with Gasteiger partial charge in [-0.25, -0.2) is 4.79 Å². The number of nitrogens with zero attached hydrogens (tertiary/aromatic N) is 1. The van der Waals surface area contributed by atoms with Crippen molar-refractivity contribution in [1.82, 2.24) is 4.90 Å². The molecule has 0 fully saturated rings. The van der Waals surface area contributed by atoms with Gasteiger partial charge in [-0.2, -0.15) is 0 Å². The van der Waals surface area contributed by atoms with Crippen molar-refractivity contribution in [1.29, 1.82) is 0 Å². The molecule has 0 aliphatic carbocycles. The van der Waals surface area contributed by atoms with Gasteiger partial charge in [-0.1, -0.05) is 41.9 Å². The van der Waals surface area contributed by atoms with Crippen LogP contribution < -0.4 is 4.74 Å². The number of halogens is 1. The number of carbonyl (C=O) groups excluding carboxylic acids is 2. The third-order valence-electron chi connectivity index (χ3n) is 3.65. The Balaban J connectivity index is 2.03. The molecule has 2 aromatic carbocycles. The monoisotopic (exact) mass is 361 g/mol. The number of methoxy groups -OCH3 is 1. The third kappa shape index (κ3) is 4.97. The van der Waals surface area contributed by atoms with Crippen LogP contribution in [0.25, 0.3) is 0 Å². The van der Waals surface area contributed by atoms with Crippen LogP contribution in [-0.4, -0.2) is 37.0 Å². The van der Waals surface area contributed by atoms with E-state index in [1.807, 2.05) is 30.3 Å². The number of carbonyl (C=O) groups is 2. The fourth-order valence-electron chi connectivity index (χ4n) is 2.36. The first-order valence-electron chi connectivity index (χ1n) is 7.75. The minimum absolute atomic E-state index is 0.181. The summed E-state index contributed by atoms with van der Waals surface area (Å²) in [6, 6.07) is 14.2. The van der Waals surface area contributed by atoms with Crippen molar-refractivity contribution in [3.05, 3.63) is 64.7 Å². The van der Waals surface area contributed by atoms with E-state index in [-0.39, 0.29) is 11.5 Å². The Labute approximate surface area is 152 Å². The second kappa shape index (κ2) is 8.53. The largest absolute Gasteiger partial charge is 0.496 e. The van der Waals surface area contributed by atoms with Gasteiger partial charge >= 0.3 is 5.97 Å². The van der Waals surface area contributed by atoms with E-state index in [4.69, 9.17) is 21.1 Å². The van der Waals surface area contributed by atoms with E-state index >= 15 is 0 Å². The Morgan fingerprint density at radius 2 is 1.84 bits per heavy atom. The van der Waals surface area contributed by atoms with Gasteiger partial charge in [0, 0.05) is 18.6 Å². The summed E-state index contributed by atoms with van der Waals surface area (Å²) in [6.45, 7) is 1.97. The lowest BCUT2D eigenvalue weighted by Gasteiger charge is -2.22. The quantitative estimate of drug-likeness (QED) is 0.738. The lowest BCUT2D eigenvalue weighted by molar-refractivity contribution is -0.139. The van der Waals surface area contributed by atoms with Gasteiger partial charge in [0.05, 0.1) is 7.11 Å². The van der Waals surface area contributed by atoms with Crippen molar-refractivity contribution in [2.24, 2.45) is 0 Å². The van der Waals surface area contributed by atoms with Crippen LogP contribution in [0.4, 0.5) is 0 Å². The number of ether oxygens (including phenoxy) is 2. The van der Waals surface area contributed by atoms with Crippen LogP contribution in [0.5, 0.6) is 5.75 Å². The Hall–Kier alpha value is -2.53. The zero-order valence-electron chi connectivity index (χ0n) is 14.4. The summed E-state index contributed by atoms with van der Waals surface area (Å²) in [7, 11) is 3.11. The molecule has 0 N–H and O–H groups in total. The van der Waals surface area contributed by atoms with Crippen molar-refractivity contribution in [2.45, 2.75) is 19.6 Å². The zero-order chi connectivity index (χ0) is 18.4. The van der Waals surface area contributed by atoms with Gasteiger partial charge in [0.15, 0.2) is 6.10 Å². The molecule has 0 radical (unpaired) electrons. The molecular formula is C19H20ClNO4. The Morgan fingerprint density at radius 3 is 2.48 bits per heavy atom. The average Bonchev–Trinajstić information content (AvgIpc) is 2.61. The van der Waals surface area contributed by atoms with E-state index in [2.05, 4.69) is 0 Å². The maximum Gasteiger partial charge on any atom is 0.342 e. The van der Waals surface area contributed by atoms with Crippen molar-refractivity contribution in [2.75, 3.05) is 14.2 Å².